The normalized spacial score (nSPS) is 10.0. The number of hydrogen-bond acceptors (Lipinski definition) is 4. The van der Waals surface area contributed by atoms with Gasteiger partial charge in [0.05, 0.1) is 6.61 Å². The topological polar surface area (TPSA) is 76.1 Å². The van der Waals surface area contributed by atoms with E-state index in [1.807, 2.05) is 13.8 Å². The Bertz CT molecular complexity index is 458. The van der Waals surface area contributed by atoms with Crippen molar-refractivity contribution in [3.63, 3.8) is 0 Å². The highest BCUT2D eigenvalue weighted by Gasteiger charge is 2.16. The minimum atomic E-state index is -1.03. The molecule has 1 N–H and O–H groups in total. The number of benzene rings is 1. The van der Waals surface area contributed by atoms with Crippen molar-refractivity contribution < 1.29 is 24.2 Å². The average Bonchev–Trinajstić information content (AvgIpc) is 2.45. The van der Waals surface area contributed by atoms with Crippen LogP contribution in [-0.2, 0) is 9.59 Å². The minimum absolute atomic E-state index is 0.179. The second-order valence-corrected chi connectivity index (χ2v) is 4.40. The van der Waals surface area contributed by atoms with Gasteiger partial charge in [-0.25, -0.2) is 0 Å². The fourth-order valence-electron chi connectivity index (χ4n) is 1.76. The van der Waals surface area contributed by atoms with E-state index in [1.54, 1.807) is 24.3 Å². The van der Waals surface area contributed by atoms with E-state index in [2.05, 4.69) is 0 Å². The Labute approximate surface area is 124 Å². The molecule has 116 valence electrons. The summed E-state index contributed by atoms with van der Waals surface area (Å²) in [5, 5.41) is 8.78. The van der Waals surface area contributed by atoms with Crippen LogP contribution in [0.5, 0.6) is 11.5 Å². The second kappa shape index (κ2) is 8.84. The summed E-state index contributed by atoms with van der Waals surface area (Å²) in [6.07, 6.45) is 0.697. The highest BCUT2D eigenvalue weighted by Crippen LogP contribution is 2.17. The zero-order valence-corrected chi connectivity index (χ0v) is 12.4. The standard InChI is InChI=1S/C15H21NO5/c1-3-9-16(10-15(18)19)14(17)11-21-13-7-5-12(6-8-13)20-4-2/h5-8H,3-4,9-11H2,1-2H3,(H,18,19). The largest absolute Gasteiger partial charge is 0.494 e. The molecule has 21 heavy (non-hydrogen) atoms. The third kappa shape index (κ3) is 6.16. The third-order valence-corrected chi connectivity index (χ3v) is 2.67. The second-order valence-electron chi connectivity index (χ2n) is 4.40. The van der Waals surface area contributed by atoms with E-state index in [0.717, 1.165) is 5.75 Å². The van der Waals surface area contributed by atoms with Crippen LogP contribution in [0.2, 0.25) is 0 Å². The van der Waals surface area contributed by atoms with Crippen LogP contribution in [-0.4, -0.2) is 48.2 Å². The highest BCUT2D eigenvalue weighted by atomic mass is 16.5. The maximum absolute atomic E-state index is 11.9. The number of carbonyl (C=O) groups is 2. The maximum Gasteiger partial charge on any atom is 0.323 e. The summed E-state index contributed by atoms with van der Waals surface area (Å²) in [7, 11) is 0. The van der Waals surface area contributed by atoms with Crippen LogP contribution in [0.3, 0.4) is 0 Å². The lowest BCUT2D eigenvalue weighted by Crippen LogP contribution is -2.39. The van der Waals surface area contributed by atoms with Gasteiger partial charge in [-0.15, -0.1) is 0 Å². The SMILES string of the molecule is CCCN(CC(=O)O)C(=O)COc1ccc(OCC)cc1. The molecule has 0 saturated carbocycles. The Morgan fingerprint density at radius 1 is 1.10 bits per heavy atom. The van der Waals surface area contributed by atoms with Gasteiger partial charge < -0.3 is 19.5 Å². The van der Waals surface area contributed by atoms with Crippen LogP contribution in [0.15, 0.2) is 24.3 Å². The van der Waals surface area contributed by atoms with Gasteiger partial charge >= 0.3 is 5.97 Å². The van der Waals surface area contributed by atoms with Crippen LogP contribution in [0.25, 0.3) is 0 Å². The minimum Gasteiger partial charge on any atom is -0.494 e. The third-order valence-electron chi connectivity index (χ3n) is 2.67. The maximum atomic E-state index is 11.9. The molecule has 0 heterocycles. The van der Waals surface area contributed by atoms with E-state index in [9.17, 15) is 9.59 Å². The van der Waals surface area contributed by atoms with Crippen LogP contribution < -0.4 is 9.47 Å². The van der Waals surface area contributed by atoms with E-state index < -0.39 is 5.97 Å². The summed E-state index contributed by atoms with van der Waals surface area (Å²) in [5.74, 6) is -0.0979. The van der Waals surface area contributed by atoms with Crippen molar-refractivity contribution in [2.75, 3.05) is 26.3 Å². The van der Waals surface area contributed by atoms with Crippen molar-refractivity contribution in [2.45, 2.75) is 20.3 Å². The number of ether oxygens (including phenoxy) is 2. The number of nitrogens with zero attached hydrogens (tertiary/aromatic N) is 1. The monoisotopic (exact) mass is 295 g/mol. The average molecular weight is 295 g/mol. The Balaban J connectivity index is 2.51. The van der Waals surface area contributed by atoms with Crippen molar-refractivity contribution in [1.82, 2.24) is 4.90 Å². The first-order valence-electron chi connectivity index (χ1n) is 6.92. The first-order chi connectivity index (χ1) is 10.1. The van der Waals surface area contributed by atoms with Gasteiger partial charge in [-0.3, -0.25) is 9.59 Å². The van der Waals surface area contributed by atoms with E-state index in [-0.39, 0.29) is 19.1 Å². The van der Waals surface area contributed by atoms with Crippen LogP contribution in [0.4, 0.5) is 0 Å². The molecule has 0 bridgehead atoms. The molecule has 1 aromatic carbocycles. The van der Waals surface area contributed by atoms with E-state index in [0.29, 0.717) is 25.3 Å². The number of amides is 1. The summed E-state index contributed by atoms with van der Waals surface area (Å²) >= 11 is 0. The first kappa shape index (κ1) is 16.8. The van der Waals surface area contributed by atoms with Crippen molar-refractivity contribution in [3.05, 3.63) is 24.3 Å². The molecule has 0 radical (unpaired) electrons. The van der Waals surface area contributed by atoms with Gasteiger partial charge in [0.15, 0.2) is 6.61 Å². The van der Waals surface area contributed by atoms with Crippen molar-refractivity contribution in [1.29, 1.82) is 0 Å². The van der Waals surface area contributed by atoms with Gasteiger partial charge in [-0.1, -0.05) is 6.92 Å². The molecule has 6 heteroatoms. The first-order valence-corrected chi connectivity index (χ1v) is 6.92. The van der Waals surface area contributed by atoms with Gasteiger partial charge in [0, 0.05) is 6.54 Å². The Hall–Kier alpha value is -2.24. The molecular weight excluding hydrogens is 274 g/mol. The molecule has 0 aliphatic carbocycles. The van der Waals surface area contributed by atoms with Crippen molar-refractivity contribution in [3.8, 4) is 11.5 Å². The molecule has 0 saturated heterocycles. The number of carboxylic acids is 1. The molecule has 0 atom stereocenters. The summed E-state index contributed by atoms with van der Waals surface area (Å²) < 4.78 is 10.7. The molecule has 6 nitrogen and oxygen atoms in total. The Morgan fingerprint density at radius 3 is 2.14 bits per heavy atom. The predicted molar refractivity (Wildman–Crippen MR) is 77.6 cm³/mol. The van der Waals surface area contributed by atoms with E-state index >= 15 is 0 Å². The zero-order valence-electron chi connectivity index (χ0n) is 12.4. The number of carbonyl (C=O) groups excluding carboxylic acids is 1. The van der Waals surface area contributed by atoms with Crippen LogP contribution in [0.1, 0.15) is 20.3 Å². The highest BCUT2D eigenvalue weighted by molar-refractivity contribution is 5.82. The molecule has 0 fully saturated rings. The molecular formula is C15H21NO5. The van der Waals surface area contributed by atoms with Gasteiger partial charge in [0.2, 0.25) is 0 Å². The predicted octanol–water partition coefficient (Wildman–Crippen LogP) is 1.79. The van der Waals surface area contributed by atoms with Gasteiger partial charge in [0.25, 0.3) is 5.91 Å². The van der Waals surface area contributed by atoms with Gasteiger partial charge in [0.1, 0.15) is 18.0 Å². The fraction of sp³-hybridized carbons (Fsp3) is 0.467. The quantitative estimate of drug-likeness (QED) is 0.751. The van der Waals surface area contributed by atoms with Crippen LogP contribution >= 0.6 is 0 Å². The zero-order chi connectivity index (χ0) is 15.7. The molecule has 0 aromatic heterocycles. The molecule has 0 spiro atoms. The molecule has 0 aliphatic rings. The van der Waals surface area contributed by atoms with Crippen LogP contribution in [0, 0.1) is 0 Å². The molecule has 1 amide bonds. The Kier molecular flexibility index (Phi) is 7.08. The molecule has 1 rings (SSSR count). The van der Waals surface area contributed by atoms with E-state index in [4.69, 9.17) is 14.6 Å². The number of carboxylic acid groups (broad SMARTS) is 1. The fourth-order valence-corrected chi connectivity index (χ4v) is 1.76. The van der Waals surface area contributed by atoms with Crippen molar-refractivity contribution >= 4 is 11.9 Å². The molecule has 1 aromatic rings. The molecule has 0 unspecified atom stereocenters. The Morgan fingerprint density at radius 2 is 1.67 bits per heavy atom. The lowest BCUT2D eigenvalue weighted by molar-refractivity contribution is -0.145. The summed E-state index contributed by atoms with van der Waals surface area (Å²) in [4.78, 5) is 23.9. The van der Waals surface area contributed by atoms with Gasteiger partial charge in [-0.05, 0) is 37.6 Å². The summed E-state index contributed by atoms with van der Waals surface area (Å²) in [6.45, 7) is 4.28. The lowest BCUT2D eigenvalue weighted by atomic mass is 10.3. The summed E-state index contributed by atoms with van der Waals surface area (Å²) in [5.41, 5.74) is 0. The smallest absolute Gasteiger partial charge is 0.323 e. The van der Waals surface area contributed by atoms with E-state index in [1.165, 1.54) is 4.90 Å². The van der Waals surface area contributed by atoms with Gasteiger partial charge in [-0.2, -0.15) is 0 Å². The van der Waals surface area contributed by atoms with Crippen molar-refractivity contribution in [2.24, 2.45) is 0 Å². The molecule has 0 aliphatic heterocycles. The number of aliphatic carboxylic acids is 1. The summed E-state index contributed by atoms with van der Waals surface area (Å²) in [6, 6.07) is 6.92. The lowest BCUT2D eigenvalue weighted by Gasteiger charge is -2.20. The number of rotatable bonds is 9. The number of hydrogen-bond donors (Lipinski definition) is 1.